The highest BCUT2D eigenvalue weighted by molar-refractivity contribution is 7.15. The van der Waals surface area contributed by atoms with E-state index < -0.39 is 0 Å². The van der Waals surface area contributed by atoms with E-state index in [-0.39, 0.29) is 5.91 Å². The van der Waals surface area contributed by atoms with Crippen molar-refractivity contribution in [3.8, 4) is 6.07 Å². The summed E-state index contributed by atoms with van der Waals surface area (Å²) in [6.07, 6.45) is 0. The van der Waals surface area contributed by atoms with Gasteiger partial charge in [0.2, 0.25) is 0 Å². The van der Waals surface area contributed by atoms with Gasteiger partial charge in [-0.25, -0.2) is 0 Å². The molecule has 5 heteroatoms. The molecule has 2 aromatic rings. The lowest BCUT2D eigenvalue weighted by atomic mass is 10.3. The number of nitrogens with zero attached hydrogens (tertiary/aromatic N) is 1. The summed E-state index contributed by atoms with van der Waals surface area (Å²) in [6, 6.07) is 7.28. The minimum atomic E-state index is -0.163. The summed E-state index contributed by atoms with van der Waals surface area (Å²) in [4.78, 5) is 12.3. The predicted octanol–water partition coefficient (Wildman–Crippen LogP) is 2.93. The van der Waals surface area contributed by atoms with Crippen LogP contribution in [0.1, 0.15) is 15.2 Å². The van der Waals surface area contributed by atoms with E-state index in [4.69, 9.17) is 5.26 Å². The van der Waals surface area contributed by atoms with Crippen molar-refractivity contribution in [2.45, 2.75) is 0 Å². The van der Waals surface area contributed by atoms with Gasteiger partial charge in [0, 0.05) is 0 Å². The molecule has 1 N–H and O–H groups in total. The van der Waals surface area contributed by atoms with E-state index in [0.717, 1.165) is 0 Å². The van der Waals surface area contributed by atoms with Crippen molar-refractivity contribution in [3.05, 3.63) is 39.4 Å². The molecule has 0 aliphatic heterocycles. The molecule has 15 heavy (non-hydrogen) atoms. The van der Waals surface area contributed by atoms with Crippen LogP contribution in [0.3, 0.4) is 0 Å². The number of hydrogen-bond donors (Lipinski definition) is 1. The zero-order valence-electron chi connectivity index (χ0n) is 7.56. The SMILES string of the molecule is N#Cc1ccsc1NC(=O)c1cccs1. The van der Waals surface area contributed by atoms with E-state index in [1.807, 2.05) is 17.5 Å². The van der Waals surface area contributed by atoms with Gasteiger partial charge >= 0.3 is 0 Å². The Balaban J connectivity index is 2.17. The molecule has 0 saturated heterocycles. The van der Waals surface area contributed by atoms with Gasteiger partial charge in [-0.3, -0.25) is 4.79 Å². The summed E-state index contributed by atoms with van der Waals surface area (Å²) in [6.45, 7) is 0. The van der Waals surface area contributed by atoms with Crippen molar-refractivity contribution in [1.82, 2.24) is 0 Å². The van der Waals surface area contributed by atoms with Gasteiger partial charge in [0.25, 0.3) is 5.91 Å². The van der Waals surface area contributed by atoms with E-state index >= 15 is 0 Å². The quantitative estimate of drug-likeness (QED) is 0.868. The third-order valence-corrected chi connectivity index (χ3v) is 3.46. The molecule has 0 fully saturated rings. The second-order valence-corrected chi connectivity index (χ2v) is 4.57. The second kappa shape index (κ2) is 4.26. The van der Waals surface area contributed by atoms with Crippen molar-refractivity contribution in [1.29, 1.82) is 5.26 Å². The minimum Gasteiger partial charge on any atom is -0.312 e. The molecular weight excluding hydrogens is 228 g/mol. The van der Waals surface area contributed by atoms with Crippen LogP contribution in [0.5, 0.6) is 0 Å². The van der Waals surface area contributed by atoms with Gasteiger partial charge in [-0.15, -0.1) is 22.7 Å². The van der Waals surface area contributed by atoms with Gasteiger partial charge < -0.3 is 5.32 Å². The normalized spacial score (nSPS) is 9.53. The summed E-state index contributed by atoms with van der Waals surface area (Å²) in [5.41, 5.74) is 0.505. The average molecular weight is 234 g/mol. The van der Waals surface area contributed by atoms with E-state index in [2.05, 4.69) is 5.32 Å². The fraction of sp³-hybridized carbons (Fsp3) is 0. The third-order valence-electron chi connectivity index (χ3n) is 1.76. The topological polar surface area (TPSA) is 52.9 Å². The highest BCUT2D eigenvalue weighted by atomic mass is 32.1. The van der Waals surface area contributed by atoms with Gasteiger partial charge in [-0.05, 0) is 22.9 Å². The Kier molecular flexibility index (Phi) is 2.81. The predicted molar refractivity (Wildman–Crippen MR) is 61.3 cm³/mol. The summed E-state index contributed by atoms with van der Waals surface area (Å²) < 4.78 is 0. The lowest BCUT2D eigenvalue weighted by Crippen LogP contribution is -2.09. The third kappa shape index (κ3) is 2.06. The van der Waals surface area contributed by atoms with Crippen LogP contribution in [0, 0.1) is 11.3 Å². The first-order chi connectivity index (χ1) is 7.31. The Morgan fingerprint density at radius 3 is 2.87 bits per heavy atom. The number of nitrogens with one attached hydrogen (secondary N) is 1. The number of rotatable bonds is 2. The summed E-state index contributed by atoms with van der Waals surface area (Å²) in [7, 11) is 0. The van der Waals surface area contributed by atoms with Crippen molar-refractivity contribution in [3.63, 3.8) is 0 Å². The zero-order valence-corrected chi connectivity index (χ0v) is 9.19. The number of nitriles is 1. The molecule has 1 amide bonds. The molecule has 0 saturated carbocycles. The Bertz CT molecular complexity index is 508. The van der Waals surface area contributed by atoms with Crippen LogP contribution >= 0.6 is 22.7 Å². The largest absolute Gasteiger partial charge is 0.312 e. The average Bonchev–Trinajstić information content (AvgIpc) is 2.87. The van der Waals surface area contributed by atoms with E-state index in [1.165, 1.54) is 22.7 Å². The highest BCUT2D eigenvalue weighted by Crippen LogP contribution is 2.23. The van der Waals surface area contributed by atoms with Gasteiger partial charge in [0.15, 0.2) is 0 Å². The molecular formula is C10H6N2OS2. The Labute approximate surface area is 94.6 Å². The number of carbonyl (C=O) groups excluding carboxylic acids is 1. The van der Waals surface area contributed by atoms with E-state index in [9.17, 15) is 4.79 Å². The lowest BCUT2D eigenvalue weighted by molar-refractivity contribution is 0.103. The minimum absolute atomic E-state index is 0.163. The van der Waals surface area contributed by atoms with E-state index in [1.54, 1.807) is 17.5 Å². The molecule has 0 aliphatic rings. The Morgan fingerprint density at radius 1 is 1.33 bits per heavy atom. The monoisotopic (exact) mass is 234 g/mol. The maximum atomic E-state index is 11.6. The summed E-state index contributed by atoms with van der Waals surface area (Å²) in [5, 5.41) is 15.7. The first-order valence-electron chi connectivity index (χ1n) is 4.13. The molecule has 0 atom stereocenters. The maximum absolute atomic E-state index is 11.6. The molecule has 74 valence electrons. The Morgan fingerprint density at radius 2 is 2.20 bits per heavy atom. The number of carbonyl (C=O) groups is 1. The van der Waals surface area contributed by atoms with Crippen LogP contribution in [-0.2, 0) is 0 Å². The first kappa shape index (κ1) is 9.90. The molecule has 2 aromatic heterocycles. The van der Waals surface area contributed by atoms with Crippen LogP contribution in [0.25, 0.3) is 0 Å². The van der Waals surface area contributed by atoms with Gasteiger partial charge in [-0.1, -0.05) is 6.07 Å². The molecule has 0 bridgehead atoms. The van der Waals surface area contributed by atoms with Crippen LogP contribution in [0.4, 0.5) is 5.00 Å². The molecule has 3 nitrogen and oxygen atoms in total. The van der Waals surface area contributed by atoms with Crippen molar-refractivity contribution >= 4 is 33.6 Å². The molecule has 0 unspecified atom stereocenters. The second-order valence-electron chi connectivity index (χ2n) is 2.71. The molecule has 0 spiro atoms. The number of anilines is 1. The fourth-order valence-electron chi connectivity index (χ4n) is 1.07. The van der Waals surface area contributed by atoms with Crippen molar-refractivity contribution in [2.24, 2.45) is 0 Å². The van der Waals surface area contributed by atoms with Crippen molar-refractivity contribution in [2.75, 3.05) is 5.32 Å². The smallest absolute Gasteiger partial charge is 0.266 e. The van der Waals surface area contributed by atoms with Gasteiger partial charge in [-0.2, -0.15) is 5.26 Å². The molecule has 0 aliphatic carbocycles. The van der Waals surface area contributed by atoms with Crippen LogP contribution < -0.4 is 5.32 Å². The number of hydrogen-bond acceptors (Lipinski definition) is 4. The van der Waals surface area contributed by atoms with Gasteiger partial charge in [0.05, 0.1) is 10.4 Å². The lowest BCUT2D eigenvalue weighted by Gasteiger charge is -1.99. The number of thiophene rings is 2. The fourth-order valence-corrected chi connectivity index (χ4v) is 2.42. The van der Waals surface area contributed by atoms with Crippen LogP contribution in [0.2, 0.25) is 0 Å². The van der Waals surface area contributed by atoms with Crippen molar-refractivity contribution < 1.29 is 4.79 Å². The molecule has 2 rings (SSSR count). The summed E-state index contributed by atoms with van der Waals surface area (Å²) in [5.74, 6) is -0.163. The zero-order chi connectivity index (χ0) is 10.7. The van der Waals surface area contributed by atoms with Gasteiger partial charge in [0.1, 0.15) is 11.1 Å². The summed E-state index contributed by atoms with van der Waals surface area (Å²) >= 11 is 2.73. The maximum Gasteiger partial charge on any atom is 0.266 e. The molecule has 0 aromatic carbocycles. The highest BCUT2D eigenvalue weighted by Gasteiger charge is 2.10. The standard InChI is InChI=1S/C10H6N2OS2/c11-6-7-3-5-15-10(7)12-9(13)8-2-1-4-14-8/h1-5H,(H,12,13). The van der Waals surface area contributed by atoms with E-state index in [0.29, 0.717) is 15.4 Å². The molecule has 0 radical (unpaired) electrons. The van der Waals surface area contributed by atoms with Crippen LogP contribution in [-0.4, -0.2) is 5.91 Å². The Hall–Kier alpha value is -1.64. The first-order valence-corrected chi connectivity index (χ1v) is 5.89. The molecule has 2 heterocycles. The van der Waals surface area contributed by atoms with Crippen LogP contribution in [0.15, 0.2) is 29.0 Å². The number of amides is 1.